The van der Waals surface area contributed by atoms with Crippen molar-refractivity contribution in [2.75, 3.05) is 0 Å². The third-order valence-corrected chi connectivity index (χ3v) is 7.39. The van der Waals surface area contributed by atoms with Gasteiger partial charge in [-0.25, -0.2) is 0 Å². The third-order valence-electron chi connectivity index (χ3n) is 7.39. The van der Waals surface area contributed by atoms with E-state index in [1.165, 1.54) is 24.0 Å². The van der Waals surface area contributed by atoms with Crippen molar-refractivity contribution in [2.24, 2.45) is 11.8 Å². The van der Waals surface area contributed by atoms with Gasteiger partial charge in [-0.1, -0.05) is 45.0 Å². The maximum absolute atomic E-state index is 10.2. The fourth-order valence-corrected chi connectivity index (χ4v) is 5.21. The van der Waals surface area contributed by atoms with Crippen LogP contribution in [0.3, 0.4) is 0 Å². The van der Waals surface area contributed by atoms with Gasteiger partial charge in [0.1, 0.15) is 11.5 Å². The molecule has 1 aliphatic carbocycles. The van der Waals surface area contributed by atoms with Gasteiger partial charge in [-0.05, 0) is 104 Å². The zero-order valence-corrected chi connectivity index (χ0v) is 18.6. The Labute approximate surface area is 170 Å². The van der Waals surface area contributed by atoms with Crippen LogP contribution >= 0.6 is 0 Å². The van der Waals surface area contributed by atoms with E-state index in [0.717, 1.165) is 28.7 Å². The first kappa shape index (κ1) is 20.8. The number of phenols is 2. The van der Waals surface area contributed by atoms with Crippen LogP contribution in [0.5, 0.6) is 11.5 Å². The Balaban J connectivity index is 1.93. The molecule has 0 spiro atoms. The predicted octanol–water partition coefficient (Wildman–Crippen LogP) is 6.83. The highest BCUT2D eigenvalue weighted by molar-refractivity contribution is 5.45. The van der Waals surface area contributed by atoms with Crippen molar-refractivity contribution in [3.8, 4) is 11.5 Å². The molecule has 0 radical (unpaired) electrons. The Kier molecular flexibility index (Phi) is 5.53. The van der Waals surface area contributed by atoms with Gasteiger partial charge in [0.15, 0.2) is 0 Å². The number of phenolic OH excluding ortho intramolecular Hbond substituents is 2. The van der Waals surface area contributed by atoms with Crippen molar-refractivity contribution in [1.82, 2.24) is 0 Å². The Morgan fingerprint density at radius 1 is 0.786 bits per heavy atom. The minimum atomic E-state index is 0.0582. The SMILES string of the molecule is Cc1cc(C2CC(C(C)(C)c3cc(C)c(O)c(C)c3)CCC2C)cc(C)c1O. The molecule has 1 aliphatic rings. The summed E-state index contributed by atoms with van der Waals surface area (Å²) in [6.07, 6.45) is 3.63. The monoisotopic (exact) mass is 380 g/mol. The van der Waals surface area contributed by atoms with E-state index in [1.54, 1.807) is 0 Å². The van der Waals surface area contributed by atoms with Crippen LogP contribution in [0, 0.1) is 39.5 Å². The molecule has 2 heteroatoms. The summed E-state index contributed by atoms with van der Waals surface area (Å²) in [5, 5.41) is 20.4. The van der Waals surface area contributed by atoms with Crippen LogP contribution < -0.4 is 0 Å². The number of hydrogen-bond donors (Lipinski definition) is 2. The molecule has 2 aromatic carbocycles. The third kappa shape index (κ3) is 3.66. The van der Waals surface area contributed by atoms with E-state index in [-0.39, 0.29) is 5.41 Å². The van der Waals surface area contributed by atoms with Gasteiger partial charge in [-0.3, -0.25) is 0 Å². The molecule has 28 heavy (non-hydrogen) atoms. The maximum atomic E-state index is 10.2. The second-order valence-corrected chi connectivity index (χ2v) is 9.78. The average molecular weight is 381 g/mol. The first-order valence-corrected chi connectivity index (χ1v) is 10.6. The number of benzene rings is 2. The van der Waals surface area contributed by atoms with Crippen LogP contribution in [-0.4, -0.2) is 10.2 Å². The molecule has 0 amide bonds. The molecule has 1 saturated carbocycles. The molecule has 3 rings (SSSR count). The van der Waals surface area contributed by atoms with Gasteiger partial charge in [0.05, 0.1) is 0 Å². The van der Waals surface area contributed by atoms with Gasteiger partial charge in [-0.15, -0.1) is 0 Å². The van der Waals surface area contributed by atoms with Crippen molar-refractivity contribution >= 4 is 0 Å². The predicted molar refractivity (Wildman–Crippen MR) is 117 cm³/mol. The zero-order chi connectivity index (χ0) is 20.8. The highest BCUT2D eigenvalue weighted by Crippen LogP contribution is 2.49. The largest absolute Gasteiger partial charge is 0.507 e. The van der Waals surface area contributed by atoms with Crippen LogP contribution in [0.2, 0.25) is 0 Å². The first-order chi connectivity index (χ1) is 13.0. The quantitative estimate of drug-likeness (QED) is 0.612. The van der Waals surface area contributed by atoms with E-state index >= 15 is 0 Å². The molecule has 1 fully saturated rings. The van der Waals surface area contributed by atoms with Crippen LogP contribution in [0.25, 0.3) is 0 Å². The summed E-state index contributed by atoms with van der Waals surface area (Å²) in [7, 11) is 0. The molecule has 3 atom stereocenters. The molecule has 2 aromatic rings. The Morgan fingerprint density at radius 3 is 1.75 bits per heavy atom. The molecule has 0 aromatic heterocycles. The second kappa shape index (κ2) is 7.46. The number of aryl methyl sites for hydroxylation is 4. The minimum absolute atomic E-state index is 0.0582. The van der Waals surface area contributed by atoms with Crippen LogP contribution in [0.15, 0.2) is 24.3 Å². The summed E-state index contributed by atoms with van der Waals surface area (Å²) in [5.74, 6) is 2.62. The molecule has 2 N–H and O–H groups in total. The first-order valence-electron chi connectivity index (χ1n) is 10.6. The molecular formula is C26H36O2. The summed E-state index contributed by atoms with van der Waals surface area (Å²) in [4.78, 5) is 0. The fourth-order valence-electron chi connectivity index (χ4n) is 5.21. The highest BCUT2D eigenvalue weighted by atomic mass is 16.3. The molecule has 0 bridgehead atoms. The van der Waals surface area contributed by atoms with Crippen LogP contribution in [0.4, 0.5) is 0 Å². The standard InChI is InChI=1S/C26H36O2/c1-15-8-9-21(14-23(15)20-10-16(2)24(27)17(3)11-20)26(6,7)22-12-18(4)25(28)19(5)13-22/h10-13,15,21,23,27-28H,8-9,14H2,1-7H3. The van der Waals surface area contributed by atoms with Crippen LogP contribution in [-0.2, 0) is 5.41 Å². The minimum Gasteiger partial charge on any atom is -0.507 e. The lowest BCUT2D eigenvalue weighted by molar-refractivity contribution is 0.177. The summed E-state index contributed by atoms with van der Waals surface area (Å²) >= 11 is 0. The van der Waals surface area contributed by atoms with Crippen molar-refractivity contribution in [3.05, 3.63) is 57.6 Å². The topological polar surface area (TPSA) is 40.5 Å². The van der Waals surface area contributed by atoms with Gasteiger partial charge in [0.25, 0.3) is 0 Å². The van der Waals surface area contributed by atoms with Crippen molar-refractivity contribution in [1.29, 1.82) is 0 Å². The fraction of sp³-hybridized carbons (Fsp3) is 0.538. The van der Waals surface area contributed by atoms with Crippen molar-refractivity contribution in [2.45, 2.75) is 79.1 Å². The van der Waals surface area contributed by atoms with Gasteiger partial charge in [-0.2, -0.15) is 0 Å². The molecule has 0 heterocycles. The lowest BCUT2D eigenvalue weighted by Gasteiger charge is -2.43. The van der Waals surface area contributed by atoms with E-state index in [4.69, 9.17) is 0 Å². The van der Waals surface area contributed by atoms with Crippen molar-refractivity contribution in [3.63, 3.8) is 0 Å². The Morgan fingerprint density at radius 2 is 1.25 bits per heavy atom. The number of rotatable bonds is 3. The highest BCUT2D eigenvalue weighted by Gasteiger charge is 2.38. The zero-order valence-electron chi connectivity index (χ0n) is 18.6. The van der Waals surface area contributed by atoms with Crippen molar-refractivity contribution < 1.29 is 10.2 Å². The van der Waals surface area contributed by atoms with Gasteiger partial charge < -0.3 is 10.2 Å². The van der Waals surface area contributed by atoms with E-state index < -0.39 is 0 Å². The molecule has 152 valence electrons. The molecule has 0 aliphatic heterocycles. The lowest BCUT2D eigenvalue weighted by Crippen LogP contribution is -2.35. The Bertz CT molecular complexity index is 832. The normalized spacial score (nSPS) is 23.0. The molecule has 0 saturated heterocycles. The summed E-state index contributed by atoms with van der Waals surface area (Å²) in [6, 6.07) is 8.72. The van der Waals surface area contributed by atoms with E-state index in [9.17, 15) is 10.2 Å². The summed E-state index contributed by atoms with van der Waals surface area (Å²) in [6.45, 7) is 15.1. The van der Waals surface area contributed by atoms with Gasteiger partial charge in [0, 0.05) is 0 Å². The lowest BCUT2D eigenvalue weighted by atomic mass is 9.61. The molecule has 2 nitrogen and oxygen atoms in total. The molecular weight excluding hydrogens is 344 g/mol. The van der Waals surface area contributed by atoms with Gasteiger partial charge >= 0.3 is 0 Å². The molecule has 3 unspecified atom stereocenters. The van der Waals surface area contributed by atoms with E-state index in [0.29, 0.717) is 29.3 Å². The Hall–Kier alpha value is -1.96. The van der Waals surface area contributed by atoms with E-state index in [1.807, 2.05) is 27.7 Å². The summed E-state index contributed by atoms with van der Waals surface area (Å²) < 4.78 is 0. The van der Waals surface area contributed by atoms with Crippen LogP contribution in [0.1, 0.15) is 79.3 Å². The van der Waals surface area contributed by atoms with Gasteiger partial charge in [0.2, 0.25) is 0 Å². The van der Waals surface area contributed by atoms with E-state index in [2.05, 4.69) is 45.0 Å². The maximum Gasteiger partial charge on any atom is 0.121 e. The summed E-state index contributed by atoms with van der Waals surface area (Å²) in [5.41, 5.74) is 6.65. The number of hydrogen-bond acceptors (Lipinski definition) is 2. The second-order valence-electron chi connectivity index (χ2n) is 9.78. The average Bonchev–Trinajstić information content (AvgIpc) is 2.63. The number of aromatic hydroxyl groups is 2. The smallest absolute Gasteiger partial charge is 0.121 e.